The third-order valence-electron chi connectivity index (χ3n) is 2.70. The van der Waals surface area contributed by atoms with Crippen LogP contribution in [0.15, 0.2) is 18.2 Å². The van der Waals surface area contributed by atoms with E-state index in [4.69, 9.17) is 4.52 Å². The quantitative estimate of drug-likeness (QED) is 0.729. The van der Waals surface area contributed by atoms with Gasteiger partial charge in [-0.3, -0.25) is 0 Å². The van der Waals surface area contributed by atoms with Gasteiger partial charge in [0.2, 0.25) is 8.38 Å². The number of benzene rings is 1. The molecular formula is C14H23O2P. The molecule has 0 aromatic heterocycles. The molecule has 0 bridgehead atoms. The molecule has 0 spiro atoms. The molecule has 2 nitrogen and oxygen atoms in total. The van der Waals surface area contributed by atoms with Crippen molar-refractivity contribution in [1.29, 1.82) is 0 Å². The van der Waals surface area contributed by atoms with Crippen molar-refractivity contribution in [2.45, 2.75) is 46.5 Å². The first-order valence-electron chi connectivity index (χ1n) is 6.41. The normalized spacial score (nSPS) is 12.5. The lowest BCUT2D eigenvalue weighted by Gasteiger charge is -2.17. The Morgan fingerprint density at radius 1 is 1.24 bits per heavy atom. The Bertz CT molecular complexity index is 339. The fraction of sp³-hybridized carbons (Fsp3) is 0.571. The maximum absolute atomic E-state index is 9.82. The summed E-state index contributed by atoms with van der Waals surface area (Å²) in [6.07, 6.45) is 5.07. The van der Waals surface area contributed by atoms with Crippen molar-refractivity contribution >= 4 is 8.38 Å². The first kappa shape index (κ1) is 14.5. The molecule has 0 radical (unpaired) electrons. The van der Waals surface area contributed by atoms with Crippen molar-refractivity contribution in [3.63, 3.8) is 0 Å². The van der Waals surface area contributed by atoms with Gasteiger partial charge in [0.15, 0.2) is 0 Å². The third kappa shape index (κ3) is 4.65. The molecule has 3 heteroatoms. The average molecular weight is 254 g/mol. The lowest BCUT2D eigenvalue weighted by atomic mass is 10.0. The standard InChI is InChI=1S/C14H23O2P/c1-4-6-9-13-10-7-8-12(3)14(13)16-17(15)11-5-2/h7-8,10,15H,4-6,9,11H2,1-3H3. The molecule has 1 unspecified atom stereocenters. The summed E-state index contributed by atoms with van der Waals surface area (Å²) in [4.78, 5) is 9.82. The Labute approximate surface area is 106 Å². The van der Waals surface area contributed by atoms with Crippen LogP contribution in [0.2, 0.25) is 0 Å². The van der Waals surface area contributed by atoms with Crippen LogP contribution < -0.4 is 4.52 Å². The fourth-order valence-corrected chi connectivity index (χ4v) is 2.70. The molecule has 0 aliphatic carbocycles. The molecule has 1 atom stereocenters. The van der Waals surface area contributed by atoms with Gasteiger partial charge >= 0.3 is 0 Å². The molecule has 0 amide bonds. The van der Waals surface area contributed by atoms with Gasteiger partial charge in [0.05, 0.1) is 0 Å². The van der Waals surface area contributed by atoms with E-state index in [2.05, 4.69) is 26.0 Å². The van der Waals surface area contributed by atoms with E-state index in [0.29, 0.717) is 0 Å². The lowest BCUT2D eigenvalue weighted by molar-refractivity contribution is 0.478. The third-order valence-corrected chi connectivity index (χ3v) is 3.93. The van der Waals surface area contributed by atoms with Crippen LogP contribution in [-0.2, 0) is 6.42 Å². The molecule has 1 rings (SSSR count). The van der Waals surface area contributed by atoms with Gasteiger partial charge in [0, 0.05) is 6.16 Å². The molecule has 0 heterocycles. The summed E-state index contributed by atoms with van der Waals surface area (Å²) in [6.45, 7) is 6.29. The number of unbranched alkanes of at least 4 members (excludes halogenated alkanes) is 1. The zero-order valence-electron chi connectivity index (χ0n) is 11.1. The Hall–Kier alpha value is -0.590. The molecule has 0 fully saturated rings. The molecular weight excluding hydrogens is 231 g/mol. The van der Waals surface area contributed by atoms with Crippen LogP contribution in [-0.4, -0.2) is 11.1 Å². The SMILES string of the molecule is CCCCc1cccc(C)c1OP(O)CCC. The maximum atomic E-state index is 9.82. The Kier molecular flexibility index (Phi) is 6.54. The summed E-state index contributed by atoms with van der Waals surface area (Å²) in [5.74, 6) is 0.906. The van der Waals surface area contributed by atoms with E-state index in [1.165, 1.54) is 12.0 Å². The highest BCUT2D eigenvalue weighted by molar-refractivity contribution is 7.46. The Balaban J connectivity index is 2.79. The summed E-state index contributed by atoms with van der Waals surface area (Å²) in [7, 11) is -1.30. The van der Waals surface area contributed by atoms with Crippen molar-refractivity contribution in [3.05, 3.63) is 29.3 Å². The van der Waals surface area contributed by atoms with E-state index in [1.807, 2.05) is 13.0 Å². The smallest absolute Gasteiger partial charge is 0.227 e. The molecule has 0 aliphatic heterocycles. The highest BCUT2D eigenvalue weighted by atomic mass is 31.2. The summed E-state index contributed by atoms with van der Waals surface area (Å²) in [5.41, 5.74) is 2.35. The zero-order valence-corrected chi connectivity index (χ0v) is 12.0. The predicted molar refractivity (Wildman–Crippen MR) is 74.7 cm³/mol. The Morgan fingerprint density at radius 2 is 2.00 bits per heavy atom. The van der Waals surface area contributed by atoms with Gasteiger partial charge in [-0.1, -0.05) is 38.5 Å². The van der Waals surface area contributed by atoms with Crippen LogP contribution in [0, 0.1) is 6.92 Å². The first-order chi connectivity index (χ1) is 8.19. The van der Waals surface area contributed by atoms with Crippen LogP contribution in [0.25, 0.3) is 0 Å². The van der Waals surface area contributed by atoms with Gasteiger partial charge in [-0.15, -0.1) is 0 Å². The van der Waals surface area contributed by atoms with E-state index in [-0.39, 0.29) is 0 Å². The van der Waals surface area contributed by atoms with Gasteiger partial charge in [0.1, 0.15) is 5.75 Å². The number of rotatable bonds is 7. The minimum absolute atomic E-state index is 0.747. The van der Waals surface area contributed by atoms with Crippen LogP contribution in [0.3, 0.4) is 0 Å². The topological polar surface area (TPSA) is 29.5 Å². The number of hydrogen-bond acceptors (Lipinski definition) is 2. The van der Waals surface area contributed by atoms with Gasteiger partial charge < -0.3 is 9.42 Å². The molecule has 0 aliphatic rings. The van der Waals surface area contributed by atoms with Gasteiger partial charge in [-0.05, 0) is 37.3 Å². The first-order valence-corrected chi connectivity index (χ1v) is 7.81. The van der Waals surface area contributed by atoms with Crippen LogP contribution in [0.1, 0.15) is 44.2 Å². The van der Waals surface area contributed by atoms with Crippen molar-refractivity contribution in [1.82, 2.24) is 0 Å². The van der Waals surface area contributed by atoms with E-state index < -0.39 is 8.38 Å². The monoisotopic (exact) mass is 254 g/mol. The second-order valence-electron chi connectivity index (χ2n) is 4.33. The number of aryl methyl sites for hydroxylation is 2. The van der Waals surface area contributed by atoms with Gasteiger partial charge in [0.25, 0.3) is 0 Å². The summed E-state index contributed by atoms with van der Waals surface area (Å²) in [6, 6.07) is 6.21. The Morgan fingerprint density at radius 3 is 2.65 bits per heavy atom. The molecule has 17 heavy (non-hydrogen) atoms. The maximum Gasteiger partial charge on any atom is 0.227 e. The molecule has 0 saturated carbocycles. The predicted octanol–water partition coefficient (Wildman–Crippen LogP) is 4.43. The van der Waals surface area contributed by atoms with Gasteiger partial charge in [-0.2, -0.15) is 0 Å². The number of hydrogen-bond donors (Lipinski definition) is 1. The van der Waals surface area contributed by atoms with E-state index in [9.17, 15) is 4.89 Å². The molecule has 96 valence electrons. The summed E-state index contributed by atoms with van der Waals surface area (Å²) >= 11 is 0. The molecule has 1 aromatic carbocycles. The largest absolute Gasteiger partial charge is 0.447 e. The van der Waals surface area contributed by atoms with E-state index in [0.717, 1.165) is 36.7 Å². The minimum atomic E-state index is -1.30. The summed E-state index contributed by atoms with van der Waals surface area (Å²) in [5, 5.41) is 0. The van der Waals surface area contributed by atoms with Crippen LogP contribution in [0.4, 0.5) is 0 Å². The fourth-order valence-electron chi connectivity index (χ4n) is 1.75. The highest BCUT2D eigenvalue weighted by Gasteiger charge is 2.12. The number of para-hydroxylation sites is 1. The van der Waals surface area contributed by atoms with Crippen molar-refractivity contribution in [2.75, 3.05) is 6.16 Å². The van der Waals surface area contributed by atoms with Crippen molar-refractivity contribution in [3.8, 4) is 5.75 Å². The molecule has 1 N–H and O–H groups in total. The van der Waals surface area contributed by atoms with Crippen LogP contribution >= 0.6 is 8.38 Å². The zero-order chi connectivity index (χ0) is 12.7. The van der Waals surface area contributed by atoms with Crippen LogP contribution in [0.5, 0.6) is 5.75 Å². The van der Waals surface area contributed by atoms with E-state index in [1.54, 1.807) is 0 Å². The second-order valence-corrected chi connectivity index (χ2v) is 5.67. The van der Waals surface area contributed by atoms with E-state index >= 15 is 0 Å². The van der Waals surface area contributed by atoms with Crippen molar-refractivity contribution in [2.24, 2.45) is 0 Å². The van der Waals surface area contributed by atoms with Crippen molar-refractivity contribution < 1.29 is 9.42 Å². The molecule has 0 saturated heterocycles. The van der Waals surface area contributed by atoms with Gasteiger partial charge in [-0.25, -0.2) is 0 Å². The second kappa shape index (κ2) is 7.68. The average Bonchev–Trinajstić information content (AvgIpc) is 2.30. The lowest BCUT2D eigenvalue weighted by Crippen LogP contribution is -1.97. The minimum Gasteiger partial charge on any atom is -0.447 e. The highest BCUT2D eigenvalue weighted by Crippen LogP contribution is 2.38. The summed E-state index contributed by atoms with van der Waals surface area (Å²) < 4.78 is 5.73. The molecule has 1 aromatic rings.